The molecule has 0 N–H and O–H groups in total. The van der Waals surface area contributed by atoms with E-state index in [1.165, 1.54) is 26.4 Å². The van der Waals surface area contributed by atoms with Crippen LogP contribution in [0.4, 0.5) is 0 Å². The monoisotopic (exact) mass is 237 g/mol. The Bertz CT molecular complexity index is 394. The molecule has 0 atom stereocenters. The third-order valence-corrected chi connectivity index (χ3v) is 3.41. The molecule has 1 aliphatic rings. The average molecular weight is 237 g/mol. The third kappa shape index (κ3) is 2.65. The lowest BCUT2D eigenvalue weighted by Gasteiger charge is -2.25. The Morgan fingerprint density at radius 1 is 1.35 bits per heavy atom. The maximum Gasteiger partial charge on any atom is 0.313 e. The zero-order valence-electron chi connectivity index (χ0n) is 10.5. The first-order valence-corrected chi connectivity index (χ1v) is 6.19. The lowest BCUT2D eigenvalue weighted by atomic mass is 9.95. The maximum atomic E-state index is 11.3. The van der Waals surface area contributed by atoms with E-state index in [1.54, 1.807) is 0 Å². The van der Waals surface area contributed by atoms with E-state index in [2.05, 4.69) is 19.5 Å². The number of hydrogen-bond acceptors (Lipinski definition) is 4. The molecule has 1 fully saturated rings. The number of hydrogen-bond donors (Lipinski definition) is 0. The average Bonchev–Trinajstić information content (AvgIpc) is 2.71. The van der Waals surface area contributed by atoms with Crippen LogP contribution in [0.15, 0.2) is 0 Å². The SMILES string of the molecule is COC(=O)Cc1nnc(C)n1C1CCCCC1. The van der Waals surface area contributed by atoms with Crippen molar-refractivity contribution in [2.45, 2.75) is 51.5 Å². The van der Waals surface area contributed by atoms with Gasteiger partial charge < -0.3 is 9.30 Å². The van der Waals surface area contributed by atoms with Crippen LogP contribution in [0.2, 0.25) is 0 Å². The summed E-state index contributed by atoms with van der Waals surface area (Å²) >= 11 is 0. The quantitative estimate of drug-likeness (QED) is 0.752. The molecule has 0 radical (unpaired) electrons. The first-order chi connectivity index (χ1) is 8.22. The van der Waals surface area contributed by atoms with E-state index in [9.17, 15) is 4.79 Å². The Morgan fingerprint density at radius 3 is 2.71 bits per heavy atom. The molecule has 1 aromatic rings. The predicted molar refractivity (Wildman–Crippen MR) is 62.6 cm³/mol. The van der Waals surface area contributed by atoms with E-state index in [1.807, 2.05) is 6.92 Å². The Morgan fingerprint density at radius 2 is 2.06 bits per heavy atom. The number of ether oxygens (including phenoxy) is 1. The van der Waals surface area contributed by atoms with Crippen molar-refractivity contribution >= 4 is 5.97 Å². The molecule has 0 aliphatic heterocycles. The molecule has 5 heteroatoms. The van der Waals surface area contributed by atoms with Crippen LogP contribution >= 0.6 is 0 Å². The van der Waals surface area contributed by atoms with Crippen LogP contribution in [0.1, 0.15) is 49.8 Å². The standard InChI is InChI=1S/C12H19N3O2/c1-9-13-14-11(8-12(16)17-2)15(9)10-6-4-3-5-7-10/h10H,3-8H2,1-2H3. The zero-order valence-corrected chi connectivity index (χ0v) is 10.5. The molecule has 17 heavy (non-hydrogen) atoms. The molecule has 94 valence electrons. The molecular formula is C12H19N3O2. The summed E-state index contributed by atoms with van der Waals surface area (Å²) in [6.45, 7) is 1.95. The summed E-state index contributed by atoms with van der Waals surface area (Å²) in [6.07, 6.45) is 6.35. The Hall–Kier alpha value is -1.39. The lowest BCUT2D eigenvalue weighted by molar-refractivity contribution is -0.140. The number of rotatable bonds is 3. The maximum absolute atomic E-state index is 11.3. The number of aryl methyl sites for hydroxylation is 1. The smallest absolute Gasteiger partial charge is 0.313 e. The number of nitrogens with zero attached hydrogens (tertiary/aromatic N) is 3. The minimum Gasteiger partial charge on any atom is -0.469 e. The largest absolute Gasteiger partial charge is 0.469 e. The molecule has 2 rings (SSSR count). The first kappa shape index (κ1) is 12.1. The third-order valence-electron chi connectivity index (χ3n) is 3.41. The Kier molecular flexibility index (Phi) is 3.76. The van der Waals surface area contributed by atoms with Gasteiger partial charge in [-0.15, -0.1) is 10.2 Å². The number of carbonyl (C=O) groups is 1. The van der Waals surface area contributed by atoms with Crippen molar-refractivity contribution in [1.29, 1.82) is 0 Å². The molecule has 0 amide bonds. The van der Waals surface area contributed by atoms with Crippen LogP contribution in [0.5, 0.6) is 0 Å². The van der Waals surface area contributed by atoms with Crippen LogP contribution in [-0.2, 0) is 16.0 Å². The van der Waals surface area contributed by atoms with E-state index < -0.39 is 0 Å². The number of carbonyl (C=O) groups excluding carboxylic acids is 1. The van der Waals surface area contributed by atoms with Gasteiger partial charge in [-0.25, -0.2) is 0 Å². The van der Waals surface area contributed by atoms with E-state index in [4.69, 9.17) is 0 Å². The Balaban J connectivity index is 2.19. The fourth-order valence-corrected chi connectivity index (χ4v) is 2.55. The van der Waals surface area contributed by atoms with Crippen molar-refractivity contribution in [3.63, 3.8) is 0 Å². The van der Waals surface area contributed by atoms with Crippen LogP contribution in [0.3, 0.4) is 0 Å². The molecule has 1 aliphatic carbocycles. The second-order valence-electron chi connectivity index (χ2n) is 4.58. The van der Waals surface area contributed by atoms with Gasteiger partial charge in [-0.2, -0.15) is 0 Å². The van der Waals surface area contributed by atoms with Crippen LogP contribution in [-0.4, -0.2) is 27.8 Å². The van der Waals surface area contributed by atoms with E-state index in [0.717, 1.165) is 24.5 Å². The van der Waals surface area contributed by atoms with Crippen LogP contribution in [0.25, 0.3) is 0 Å². The second kappa shape index (κ2) is 5.29. The summed E-state index contributed by atoms with van der Waals surface area (Å²) < 4.78 is 6.81. The molecule has 1 saturated carbocycles. The zero-order chi connectivity index (χ0) is 12.3. The molecule has 0 unspecified atom stereocenters. The van der Waals surface area contributed by atoms with Gasteiger partial charge in [-0.3, -0.25) is 4.79 Å². The molecule has 5 nitrogen and oxygen atoms in total. The first-order valence-electron chi connectivity index (χ1n) is 6.19. The van der Waals surface area contributed by atoms with Gasteiger partial charge in [-0.05, 0) is 19.8 Å². The van der Waals surface area contributed by atoms with E-state index in [-0.39, 0.29) is 12.4 Å². The fourth-order valence-electron chi connectivity index (χ4n) is 2.55. The highest BCUT2D eigenvalue weighted by Crippen LogP contribution is 2.29. The van der Waals surface area contributed by atoms with Crippen molar-refractivity contribution in [1.82, 2.24) is 14.8 Å². The molecule has 1 heterocycles. The highest BCUT2D eigenvalue weighted by atomic mass is 16.5. The fraction of sp³-hybridized carbons (Fsp3) is 0.750. The van der Waals surface area contributed by atoms with Gasteiger partial charge in [-0.1, -0.05) is 19.3 Å². The second-order valence-corrected chi connectivity index (χ2v) is 4.58. The molecule has 0 saturated heterocycles. The van der Waals surface area contributed by atoms with Crippen LogP contribution in [0, 0.1) is 6.92 Å². The summed E-state index contributed by atoms with van der Waals surface area (Å²) in [5.74, 6) is 1.38. The minimum absolute atomic E-state index is 0.216. The molecule has 0 bridgehead atoms. The van der Waals surface area contributed by atoms with Crippen molar-refractivity contribution in [2.75, 3.05) is 7.11 Å². The summed E-state index contributed by atoms with van der Waals surface area (Å²) in [5, 5.41) is 8.18. The summed E-state index contributed by atoms with van der Waals surface area (Å²) in [7, 11) is 1.40. The van der Waals surface area contributed by atoms with Gasteiger partial charge >= 0.3 is 5.97 Å². The van der Waals surface area contributed by atoms with Crippen LogP contribution < -0.4 is 0 Å². The topological polar surface area (TPSA) is 57.0 Å². The van der Waals surface area contributed by atoms with Gasteiger partial charge in [0.05, 0.1) is 7.11 Å². The molecule has 1 aromatic heterocycles. The lowest BCUT2D eigenvalue weighted by Crippen LogP contribution is -2.19. The minimum atomic E-state index is -0.255. The molecular weight excluding hydrogens is 218 g/mol. The van der Waals surface area contributed by atoms with Crippen molar-refractivity contribution in [2.24, 2.45) is 0 Å². The highest BCUT2D eigenvalue weighted by Gasteiger charge is 2.22. The normalized spacial score (nSPS) is 17.1. The Labute approximate surface area is 101 Å². The van der Waals surface area contributed by atoms with Gasteiger partial charge in [0.1, 0.15) is 18.1 Å². The van der Waals surface area contributed by atoms with Crippen molar-refractivity contribution in [3.8, 4) is 0 Å². The predicted octanol–water partition coefficient (Wildman–Crippen LogP) is 1.81. The van der Waals surface area contributed by atoms with E-state index in [0.29, 0.717) is 6.04 Å². The molecule has 0 spiro atoms. The highest BCUT2D eigenvalue weighted by molar-refractivity contribution is 5.71. The summed E-state index contributed by atoms with van der Waals surface area (Å²) in [5.41, 5.74) is 0. The molecule has 0 aromatic carbocycles. The summed E-state index contributed by atoms with van der Waals surface area (Å²) in [4.78, 5) is 11.3. The van der Waals surface area contributed by atoms with Gasteiger partial charge in [0.15, 0.2) is 0 Å². The number of aromatic nitrogens is 3. The van der Waals surface area contributed by atoms with Crippen molar-refractivity contribution in [3.05, 3.63) is 11.6 Å². The van der Waals surface area contributed by atoms with E-state index >= 15 is 0 Å². The van der Waals surface area contributed by atoms with Gasteiger partial charge in [0, 0.05) is 6.04 Å². The van der Waals surface area contributed by atoms with Crippen molar-refractivity contribution < 1.29 is 9.53 Å². The van der Waals surface area contributed by atoms with Gasteiger partial charge in [0.2, 0.25) is 0 Å². The summed E-state index contributed by atoms with van der Waals surface area (Å²) in [6, 6.07) is 0.457. The van der Waals surface area contributed by atoms with Gasteiger partial charge in [0.25, 0.3) is 0 Å². The number of esters is 1. The number of methoxy groups -OCH3 is 1.